The molecule has 0 amide bonds. The molecule has 2 aromatic rings. The lowest BCUT2D eigenvalue weighted by molar-refractivity contribution is 0.352. The summed E-state index contributed by atoms with van der Waals surface area (Å²) in [4.78, 5) is 0. The van der Waals surface area contributed by atoms with Gasteiger partial charge >= 0.3 is 0 Å². The maximum Gasteiger partial charge on any atom is 0.127 e. The Morgan fingerprint density at radius 3 is 2.68 bits per heavy atom. The average Bonchev–Trinajstić information content (AvgIpc) is 2.95. The van der Waals surface area contributed by atoms with Crippen LogP contribution in [-0.4, -0.2) is 13.7 Å². The molecule has 1 aliphatic heterocycles. The Morgan fingerprint density at radius 1 is 1.16 bits per heavy atom. The van der Waals surface area contributed by atoms with Gasteiger partial charge < -0.3 is 15.2 Å². The first-order chi connectivity index (χ1) is 9.29. The summed E-state index contributed by atoms with van der Waals surface area (Å²) in [6.07, 6.45) is 0.971. The zero-order chi connectivity index (χ0) is 13.2. The van der Waals surface area contributed by atoms with Gasteiger partial charge in [0, 0.05) is 12.0 Å². The second-order valence-electron chi connectivity index (χ2n) is 4.68. The van der Waals surface area contributed by atoms with Crippen molar-refractivity contribution in [2.45, 2.75) is 12.5 Å². The summed E-state index contributed by atoms with van der Waals surface area (Å²) in [5, 5.41) is 0. The van der Waals surface area contributed by atoms with Crippen LogP contribution >= 0.6 is 0 Å². The number of hydrogen-bond donors (Lipinski definition) is 1. The molecule has 1 aliphatic rings. The van der Waals surface area contributed by atoms with Crippen molar-refractivity contribution < 1.29 is 9.47 Å². The van der Waals surface area contributed by atoms with Crippen LogP contribution in [-0.2, 0) is 6.42 Å². The van der Waals surface area contributed by atoms with Crippen molar-refractivity contribution in [3.05, 3.63) is 59.2 Å². The lowest BCUT2D eigenvalue weighted by Crippen LogP contribution is -2.12. The molecule has 0 spiro atoms. The fraction of sp³-hybridized carbons (Fsp3) is 0.250. The molecule has 0 aliphatic carbocycles. The molecule has 0 fully saturated rings. The molecule has 2 N–H and O–H groups in total. The Morgan fingerprint density at radius 2 is 1.95 bits per heavy atom. The van der Waals surface area contributed by atoms with Crippen LogP contribution < -0.4 is 15.2 Å². The smallest absolute Gasteiger partial charge is 0.127 e. The van der Waals surface area contributed by atoms with Crippen molar-refractivity contribution in [3.63, 3.8) is 0 Å². The van der Waals surface area contributed by atoms with Crippen LogP contribution in [0, 0.1) is 0 Å². The molecule has 1 atom stereocenters. The lowest BCUT2D eigenvalue weighted by atomic mass is 9.96. The van der Waals surface area contributed by atoms with Crippen LogP contribution in [0.4, 0.5) is 0 Å². The van der Waals surface area contributed by atoms with Crippen molar-refractivity contribution >= 4 is 0 Å². The molecule has 2 aromatic carbocycles. The summed E-state index contributed by atoms with van der Waals surface area (Å²) in [5.74, 6) is 1.80. The molecular formula is C16H17NO2. The SMILES string of the molecule is COc1ccc(C(N)c2cccc3c2OCC3)cc1. The highest BCUT2D eigenvalue weighted by molar-refractivity contribution is 5.48. The molecule has 3 nitrogen and oxygen atoms in total. The van der Waals surface area contributed by atoms with Gasteiger partial charge in [0.2, 0.25) is 0 Å². The van der Waals surface area contributed by atoms with Crippen molar-refractivity contribution in [2.24, 2.45) is 5.73 Å². The van der Waals surface area contributed by atoms with E-state index in [1.807, 2.05) is 36.4 Å². The lowest BCUT2D eigenvalue weighted by Gasteiger charge is -2.16. The Kier molecular flexibility index (Phi) is 3.13. The summed E-state index contributed by atoms with van der Waals surface area (Å²) in [5.41, 5.74) is 9.73. The summed E-state index contributed by atoms with van der Waals surface area (Å²) >= 11 is 0. The Labute approximate surface area is 113 Å². The minimum absolute atomic E-state index is 0.168. The molecule has 3 rings (SSSR count). The third kappa shape index (κ3) is 2.17. The molecule has 19 heavy (non-hydrogen) atoms. The van der Waals surface area contributed by atoms with E-state index in [-0.39, 0.29) is 6.04 Å². The van der Waals surface area contributed by atoms with E-state index in [0.29, 0.717) is 0 Å². The molecule has 0 saturated carbocycles. The fourth-order valence-electron chi connectivity index (χ4n) is 2.48. The number of hydrogen-bond acceptors (Lipinski definition) is 3. The normalized spacial score (nSPS) is 14.6. The number of ether oxygens (including phenoxy) is 2. The van der Waals surface area contributed by atoms with Crippen LogP contribution in [0.5, 0.6) is 11.5 Å². The number of rotatable bonds is 3. The highest BCUT2D eigenvalue weighted by Crippen LogP contribution is 2.35. The van der Waals surface area contributed by atoms with Crippen molar-refractivity contribution in [2.75, 3.05) is 13.7 Å². The van der Waals surface area contributed by atoms with Crippen LogP contribution in [0.1, 0.15) is 22.7 Å². The molecule has 0 radical (unpaired) electrons. The molecule has 1 unspecified atom stereocenters. The van der Waals surface area contributed by atoms with E-state index < -0.39 is 0 Å². The third-order valence-electron chi connectivity index (χ3n) is 3.55. The predicted molar refractivity (Wildman–Crippen MR) is 74.7 cm³/mol. The van der Waals surface area contributed by atoms with Gasteiger partial charge in [-0.2, -0.15) is 0 Å². The van der Waals surface area contributed by atoms with E-state index >= 15 is 0 Å². The quantitative estimate of drug-likeness (QED) is 0.917. The van der Waals surface area contributed by atoms with Crippen molar-refractivity contribution in [1.82, 2.24) is 0 Å². The summed E-state index contributed by atoms with van der Waals surface area (Å²) < 4.78 is 10.9. The van der Waals surface area contributed by atoms with E-state index in [1.165, 1.54) is 5.56 Å². The van der Waals surface area contributed by atoms with Crippen LogP contribution in [0.25, 0.3) is 0 Å². The minimum atomic E-state index is -0.168. The second-order valence-corrected chi connectivity index (χ2v) is 4.68. The van der Waals surface area contributed by atoms with E-state index in [4.69, 9.17) is 15.2 Å². The fourth-order valence-corrected chi connectivity index (χ4v) is 2.48. The van der Waals surface area contributed by atoms with Crippen molar-refractivity contribution in [3.8, 4) is 11.5 Å². The maximum atomic E-state index is 6.36. The van der Waals surface area contributed by atoms with E-state index in [1.54, 1.807) is 7.11 Å². The maximum absolute atomic E-state index is 6.36. The standard InChI is InChI=1S/C16H17NO2/c1-18-13-7-5-11(6-8-13)15(17)14-4-2-3-12-9-10-19-16(12)14/h2-8,15H,9-10,17H2,1H3. The number of nitrogens with two attached hydrogens (primary N) is 1. The Balaban J connectivity index is 1.95. The monoisotopic (exact) mass is 255 g/mol. The number of benzene rings is 2. The van der Waals surface area contributed by atoms with Gasteiger partial charge in [0.25, 0.3) is 0 Å². The van der Waals surface area contributed by atoms with Gasteiger partial charge in [0.15, 0.2) is 0 Å². The van der Waals surface area contributed by atoms with Crippen molar-refractivity contribution in [1.29, 1.82) is 0 Å². The van der Waals surface area contributed by atoms with Gasteiger partial charge in [0.1, 0.15) is 11.5 Å². The largest absolute Gasteiger partial charge is 0.497 e. The van der Waals surface area contributed by atoms with Gasteiger partial charge in [-0.3, -0.25) is 0 Å². The van der Waals surface area contributed by atoms with E-state index in [9.17, 15) is 0 Å². The summed E-state index contributed by atoms with van der Waals surface area (Å²) in [6.45, 7) is 0.752. The van der Waals surface area contributed by atoms with Gasteiger partial charge in [0.05, 0.1) is 19.8 Å². The first-order valence-corrected chi connectivity index (χ1v) is 6.43. The molecule has 98 valence electrons. The van der Waals surface area contributed by atoms with Gasteiger partial charge in [-0.25, -0.2) is 0 Å². The summed E-state index contributed by atoms with van der Waals surface area (Å²) in [7, 11) is 1.66. The first kappa shape index (κ1) is 12.1. The minimum Gasteiger partial charge on any atom is -0.497 e. The topological polar surface area (TPSA) is 44.5 Å². The Bertz CT molecular complexity index is 578. The zero-order valence-corrected chi connectivity index (χ0v) is 10.9. The van der Waals surface area contributed by atoms with Crippen LogP contribution in [0.15, 0.2) is 42.5 Å². The zero-order valence-electron chi connectivity index (χ0n) is 10.9. The predicted octanol–water partition coefficient (Wildman–Crippen LogP) is 2.68. The third-order valence-corrected chi connectivity index (χ3v) is 3.55. The second kappa shape index (κ2) is 4.94. The van der Waals surface area contributed by atoms with Gasteiger partial charge in [-0.05, 0) is 23.3 Å². The van der Waals surface area contributed by atoms with Crippen LogP contribution in [0.2, 0.25) is 0 Å². The van der Waals surface area contributed by atoms with E-state index in [0.717, 1.165) is 35.7 Å². The number of fused-ring (bicyclic) bond motifs is 1. The first-order valence-electron chi connectivity index (χ1n) is 6.43. The number of para-hydroxylation sites is 1. The molecule has 0 saturated heterocycles. The molecule has 0 aromatic heterocycles. The summed E-state index contributed by atoms with van der Waals surface area (Å²) in [6, 6.07) is 13.9. The van der Waals surface area contributed by atoms with E-state index in [2.05, 4.69) is 6.07 Å². The van der Waals surface area contributed by atoms with Gasteiger partial charge in [-0.15, -0.1) is 0 Å². The number of methoxy groups -OCH3 is 1. The highest BCUT2D eigenvalue weighted by atomic mass is 16.5. The highest BCUT2D eigenvalue weighted by Gasteiger charge is 2.20. The average molecular weight is 255 g/mol. The molecule has 3 heteroatoms. The molecule has 0 bridgehead atoms. The van der Waals surface area contributed by atoms with Crippen LogP contribution in [0.3, 0.4) is 0 Å². The van der Waals surface area contributed by atoms with Gasteiger partial charge in [-0.1, -0.05) is 30.3 Å². The Hall–Kier alpha value is -2.00. The molecular weight excluding hydrogens is 238 g/mol. The molecule has 1 heterocycles.